The van der Waals surface area contributed by atoms with E-state index < -0.39 is 6.04 Å². The van der Waals surface area contributed by atoms with Crippen molar-refractivity contribution in [3.05, 3.63) is 24.5 Å². The topological polar surface area (TPSA) is 68.0 Å². The quantitative estimate of drug-likeness (QED) is 0.784. The fourth-order valence-corrected chi connectivity index (χ4v) is 1.29. The van der Waals surface area contributed by atoms with Crippen molar-refractivity contribution < 1.29 is 4.79 Å². The third-order valence-electron chi connectivity index (χ3n) is 1.99. The van der Waals surface area contributed by atoms with Crippen molar-refractivity contribution in [3.63, 3.8) is 0 Å². The molecule has 0 aliphatic carbocycles. The van der Waals surface area contributed by atoms with Gasteiger partial charge in [-0.25, -0.2) is 0 Å². The lowest BCUT2D eigenvalue weighted by Gasteiger charge is -2.13. The Bertz CT molecular complexity index is 311. The Balaban J connectivity index is 2.49. The summed E-state index contributed by atoms with van der Waals surface area (Å²) in [7, 11) is 0. The molecule has 0 unspecified atom stereocenters. The summed E-state index contributed by atoms with van der Waals surface area (Å²) in [5.41, 5.74) is 6.42. The smallest absolute Gasteiger partial charge is 0.241 e. The Morgan fingerprint density at radius 3 is 2.87 bits per heavy atom. The Morgan fingerprint density at radius 1 is 1.60 bits per heavy atom. The maximum Gasteiger partial charge on any atom is 0.241 e. The molecule has 0 spiro atoms. The first-order valence-corrected chi connectivity index (χ1v) is 5.06. The molecule has 0 radical (unpaired) electrons. The number of nitrogens with zero attached hydrogens (tertiary/aromatic N) is 1. The minimum absolute atomic E-state index is 0.156. The molecule has 4 heteroatoms. The number of carbonyl (C=O) groups is 1. The SMILES string of the molecule is CC(C)C[C@H](N)C(=O)Nc1cccnc1. The van der Waals surface area contributed by atoms with Crippen LogP contribution in [0, 0.1) is 5.92 Å². The highest BCUT2D eigenvalue weighted by molar-refractivity contribution is 5.94. The summed E-state index contributed by atoms with van der Waals surface area (Å²) >= 11 is 0. The van der Waals surface area contributed by atoms with Crippen molar-refractivity contribution >= 4 is 11.6 Å². The lowest BCUT2D eigenvalue weighted by Crippen LogP contribution is -2.36. The molecular formula is C11H17N3O. The molecule has 1 aromatic rings. The monoisotopic (exact) mass is 207 g/mol. The van der Waals surface area contributed by atoms with Crippen LogP contribution in [0.3, 0.4) is 0 Å². The predicted octanol–water partition coefficient (Wildman–Crippen LogP) is 1.39. The lowest BCUT2D eigenvalue weighted by molar-refractivity contribution is -0.117. The molecule has 1 rings (SSSR count). The van der Waals surface area contributed by atoms with Crippen LogP contribution >= 0.6 is 0 Å². The predicted molar refractivity (Wildman–Crippen MR) is 60.3 cm³/mol. The first kappa shape index (κ1) is 11.7. The van der Waals surface area contributed by atoms with Gasteiger partial charge in [0, 0.05) is 6.20 Å². The summed E-state index contributed by atoms with van der Waals surface area (Å²) in [6.45, 7) is 4.08. The number of hydrogen-bond acceptors (Lipinski definition) is 3. The van der Waals surface area contributed by atoms with E-state index in [2.05, 4.69) is 10.3 Å². The average molecular weight is 207 g/mol. The number of pyridine rings is 1. The van der Waals surface area contributed by atoms with E-state index in [4.69, 9.17) is 5.73 Å². The maximum absolute atomic E-state index is 11.6. The molecule has 1 aromatic heterocycles. The van der Waals surface area contributed by atoms with E-state index in [1.165, 1.54) is 0 Å². The van der Waals surface area contributed by atoms with Crippen LogP contribution in [0.25, 0.3) is 0 Å². The fourth-order valence-electron chi connectivity index (χ4n) is 1.29. The van der Waals surface area contributed by atoms with Crippen molar-refractivity contribution in [3.8, 4) is 0 Å². The average Bonchev–Trinajstić information content (AvgIpc) is 2.18. The van der Waals surface area contributed by atoms with Gasteiger partial charge in [-0.2, -0.15) is 0 Å². The van der Waals surface area contributed by atoms with Crippen molar-refractivity contribution in [1.29, 1.82) is 0 Å². The van der Waals surface area contributed by atoms with Gasteiger partial charge in [0.25, 0.3) is 0 Å². The second-order valence-electron chi connectivity index (χ2n) is 3.97. The third-order valence-corrected chi connectivity index (χ3v) is 1.99. The Morgan fingerprint density at radius 2 is 2.33 bits per heavy atom. The van der Waals surface area contributed by atoms with E-state index in [1.54, 1.807) is 24.5 Å². The molecule has 0 fully saturated rings. The number of nitrogens with one attached hydrogen (secondary N) is 1. The van der Waals surface area contributed by atoms with Crippen LogP contribution in [0.15, 0.2) is 24.5 Å². The minimum Gasteiger partial charge on any atom is -0.323 e. The van der Waals surface area contributed by atoms with E-state index in [0.29, 0.717) is 18.0 Å². The summed E-state index contributed by atoms with van der Waals surface area (Å²) in [6, 6.07) is 3.10. The van der Waals surface area contributed by atoms with Gasteiger partial charge in [0.1, 0.15) is 0 Å². The Labute approximate surface area is 89.9 Å². The normalized spacial score (nSPS) is 12.5. The van der Waals surface area contributed by atoms with Gasteiger partial charge in [0.2, 0.25) is 5.91 Å². The molecular weight excluding hydrogens is 190 g/mol. The number of carbonyl (C=O) groups excluding carboxylic acids is 1. The van der Waals surface area contributed by atoms with Gasteiger partial charge in [-0.1, -0.05) is 13.8 Å². The Hall–Kier alpha value is -1.42. The summed E-state index contributed by atoms with van der Waals surface area (Å²) < 4.78 is 0. The summed E-state index contributed by atoms with van der Waals surface area (Å²) in [6.07, 6.45) is 3.94. The molecule has 15 heavy (non-hydrogen) atoms. The molecule has 0 aliphatic heterocycles. The van der Waals surface area contributed by atoms with Crippen LogP contribution in [-0.2, 0) is 4.79 Å². The highest BCUT2D eigenvalue weighted by Crippen LogP contribution is 2.07. The first-order valence-electron chi connectivity index (χ1n) is 5.06. The third kappa shape index (κ3) is 4.08. The number of rotatable bonds is 4. The molecule has 0 bridgehead atoms. The van der Waals surface area contributed by atoms with Crippen LogP contribution in [0.2, 0.25) is 0 Å². The molecule has 0 aliphatic rings. The van der Waals surface area contributed by atoms with Crippen molar-refractivity contribution in [2.24, 2.45) is 11.7 Å². The van der Waals surface area contributed by atoms with E-state index in [9.17, 15) is 4.79 Å². The van der Waals surface area contributed by atoms with Gasteiger partial charge in [-0.3, -0.25) is 9.78 Å². The molecule has 82 valence electrons. The van der Waals surface area contributed by atoms with Crippen molar-refractivity contribution in [1.82, 2.24) is 4.98 Å². The zero-order valence-corrected chi connectivity index (χ0v) is 9.10. The van der Waals surface area contributed by atoms with Crippen LogP contribution in [-0.4, -0.2) is 16.9 Å². The van der Waals surface area contributed by atoms with Crippen molar-refractivity contribution in [2.75, 3.05) is 5.32 Å². The lowest BCUT2D eigenvalue weighted by atomic mass is 10.0. The van der Waals surface area contributed by atoms with Crippen molar-refractivity contribution in [2.45, 2.75) is 26.3 Å². The maximum atomic E-state index is 11.6. The van der Waals surface area contributed by atoms with Gasteiger partial charge < -0.3 is 11.1 Å². The summed E-state index contributed by atoms with van der Waals surface area (Å²) in [5, 5.41) is 2.72. The fraction of sp³-hybridized carbons (Fsp3) is 0.455. The number of amides is 1. The summed E-state index contributed by atoms with van der Waals surface area (Å²) in [4.78, 5) is 15.5. The number of anilines is 1. The first-order chi connectivity index (χ1) is 7.09. The van der Waals surface area contributed by atoms with Gasteiger partial charge in [-0.05, 0) is 24.5 Å². The highest BCUT2D eigenvalue weighted by Gasteiger charge is 2.14. The second kappa shape index (κ2) is 5.46. The molecule has 0 saturated carbocycles. The zero-order valence-electron chi connectivity index (χ0n) is 9.10. The van der Waals surface area contributed by atoms with Gasteiger partial charge in [-0.15, -0.1) is 0 Å². The minimum atomic E-state index is -0.454. The zero-order chi connectivity index (χ0) is 11.3. The standard InChI is InChI=1S/C11H17N3O/c1-8(2)6-10(12)11(15)14-9-4-3-5-13-7-9/h3-5,7-8,10H,6,12H2,1-2H3,(H,14,15)/t10-/m0/s1. The van der Waals surface area contributed by atoms with Crippen LogP contribution in [0.4, 0.5) is 5.69 Å². The van der Waals surface area contributed by atoms with Crippen LogP contribution in [0.1, 0.15) is 20.3 Å². The number of aromatic nitrogens is 1. The summed E-state index contributed by atoms with van der Waals surface area (Å²) in [5.74, 6) is 0.261. The molecule has 0 aromatic carbocycles. The number of hydrogen-bond donors (Lipinski definition) is 2. The van der Waals surface area contributed by atoms with Gasteiger partial charge >= 0.3 is 0 Å². The molecule has 3 N–H and O–H groups in total. The van der Waals surface area contributed by atoms with E-state index in [1.807, 2.05) is 13.8 Å². The Kier molecular flexibility index (Phi) is 4.24. The van der Waals surface area contributed by atoms with Gasteiger partial charge in [0.05, 0.1) is 17.9 Å². The van der Waals surface area contributed by atoms with Crippen LogP contribution < -0.4 is 11.1 Å². The van der Waals surface area contributed by atoms with Crippen LogP contribution in [0.5, 0.6) is 0 Å². The molecule has 1 heterocycles. The number of nitrogens with two attached hydrogens (primary N) is 1. The molecule has 1 amide bonds. The highest BCUT2D eigenvalue weighted by atomic mass is 16.2. The molecule has 4 nitrogen and oxygen atoms in total. The second-order valence-corrected chi connectivity index (χ2v) is 3.97. The largest absolute Gasteiger partial charge is 0.323 e. The molecule has 1 atom stereocenters. The van der Waals surface area contributed by atoms with Gasteiger partial charge in [0.15, 0.2) is 0 Å². The van der Waals surface area contributed by atoms with E-state index >= 15 is 0 Å². The molecule has 0 saturated heterocycles. The van der Waals surface area contributed by atoms with E-state index in [0.717, 1.165) is 0 Å². The van der Waals surface area contributed by atoms with E-state index in [-0.39, 0.29) is 5.91 Å².